The lowest BCUT2D eigenvalue weighted by Gasteiger charge is -2.04. The second-order valence-electron chi connectivity index (χ2n) is 3.28. The van der Waals surface area contributed by atoms with Crippen LogP contribution in [0, 0.1) is 0 Å². The fourth-order valence-electron chi connectivity index (χ4n) is 0.815. The summed E-state index contributed by atoms with van der Waals surface area (Å²) in [7, 11) is -3.21. The molecule has 0 unspecified atom stereocenters. The molecule has 0 aromatic carbocycles. The molecular formula is C8H11NO4S2. The van der Waals surface area contributed by atoms with Crippen molar-refractivity contribution in [3.63, 3.8) is 0 Å². The van der Waals surface area contributed by atoms with Gasteiger partial charge in [-0.05, 0) is 13.8 Å². The molecule has 0 aliphatic carbocycles. The lowest BCUT2D eigenvalue weighted by atomic mass is 10.6. The molecule has 84 valence electrons. The van der Waals surface area contributed by atoms with Crippen molar-refractivity contribution in [2.24, 2.45) is 0 Å². The summed E-state index contributed by atoms with van der Waals surface area (Å²) in [6, 6.07) is 0. The van der Waals surface area contributed by atoms with Gasteiger partial charge in [0.05, 0.1) is 11.4 Å². The van der Waals surface area contributed by atoms with Gasteiger partial charge in [0.15, 0.2) is 9.84 Å². The molecule has 0 fully saturated rings. The van der Waals surface area contributed by atoms with Gasteiger partial charge in [0.2, 0.25) is 0 Å². The number of carboxylic acid groups (broad SMARTS) is 1. The van der Waals surface area contributed by atoms with Crippen LogP contribution in [0.3, 0.4) is 0 Å². The Balaban J connectivity index is 2.87. The Kier molecular flexibility index (Phi) is 3.46. The third kappa shape index (κ3) is 3.00. The van der Waals surface area contributed by atoms with E-state index in [9.17, 15) is 13.2 Å². The van der Waals surface area contributed by atoms with Crippen molar-refractivity contribution in [3.8, 4) is 0 Å². The second-order valence-corrected chi connectivity index (χ2v) is 6.95. The molecular weight excluding hydrogens is 238 g/mol. The topological polar surface area (TPSA) is 84.3 Å². The molecule has 5 nitrogen and oxygen atoms in total. The molecule has 1 N–H and O–H groups in total. The molecule has 15 heavy (non-hydrogen) atoms. The van der Waals surface area contributed by atoms with Crippen LogP contribution in [-0.2, 0) is 15.6 Å². The minimum Gasteiger partial charge on any atom is -0.477 e. The number of aromatic nitrogens is 1. The van der Waals surface area contributed by atoms with E-state index in [0.717, 1.165) is 11.3 Å². The van der Waals surface area contributed by atoms with E-state index in [4.69, 9.17) is 5.11 Å². The largest absolute Gasteiger partial charge is 0.477 e. The lowest BCUT2D eigenvalue weighted by molar-refractivity contribution is 0.0702. The van der Waals surface area contributed by atoms with Crippen LogP contribution in [0.4, 0.5) is 0 Å². The SMILES string of the molecule is CC(C)S(=O)(=O)Cc1ncc(C(=O)O)s1. The fourth-order valence-corrected chi connectivity index (χ4v) is 2.85. The standard InChI is InChI=1S/C8H11NO4S2/c1-5(2)15(12,13)4-7-9-3-6(14-7)8(10)11/h3,5H,4H2,1-2H3,(H,10,11). The highest BCUT2D eigenvalue weighted by atomic mass is 32.2. The quantitative estimate of drug-likeness (QED) is 0.865. The summed E-state index contributed by atoms with van der Waals surface area (Å²) in [5, 5.41) is 8.47. The first-order valence-corrected chi connectivity index (χ1v) is 6.75. The minimum atomic E-state index is -3.21. The summed E-state index contributed by atoms with van der Waals surface area (Å²) < 4.78 is 23.0. The average molecular weight is 249 g/mol. The Labute approximate surface area is 91.7 Å². The monoisotopic (exact) mass is 249 g/mol. The maximum absolute atomic E-state index is 11.5. The van der Waals surface area contributed by atoms with Crippen LogP contribution in [-0.4, -0.2) is 29.7 Å². The Morgan fingerprint density at radius 1 is 1.60 bits per heavy atom. The minimum absolute atomic E-state index is 0.0592. The summed E-state index contributed by atoms with van der Waals surface area (Å²) in [6.07, 6.45) is 1.18. The molecule has 0 saturated heterocycles. The smallest absolute Gasteiger partial charge is 0.347 e. The molecule has 0 amide bonds. The second kappa shape index (κ2) is 4.28. The van der Waals surface area contributed by atoms with Gasteiger partial charge in [-0.2, -0.15) is 0 Å². The zero-order valence-corrected chi connectivity index (χ0v) is 9.93. The van der Waals surface area contributed by atoms with E-state index in [-0.39, 0.29) is 10.6 Å². The third-order valence-corrected chi connectivity index (χ3v) is 5.09. The molecule has 7 heteroatoms. The molecule has 0 aliphatic rings. The number of rotatable bonds is 4. The van der Waals surface area contributed by atoms with Crippen molar-refractivity contribution >= 4 is 27.1 Å². The molecule has 1 rings (SSSR count). The van der Waals surface area contributed by atoms with Gasteiger partial charge in [-0.1, -0.05) is 0 Å². The zero-order chi connectivity index (χ0) is 11.6. The molecule has 1 aromatic rings. The molecule has 1 heterocycles. The van der Waals surface area contributed by atoms with E-state index in [1.54, 1.807) is 13.8 Å². The maximum Gasteiger partial charge on any atom is 0.347 e. The summed E-state index contributed by atoms with van der Waals surface area (Å²) in [5.41, 5.74) is 0. The molecule has 0 bridgehead atoms. The van der Waals surface area contributed by atoms with Gasteiger partial charge in [0.1, 0.15) is 15.6 Å². The molecule has 0 aliphatic heterocycles. The fraction of sp³-hybridized carbons (Fsp3) is 0.500. The number of thiazole rings is 1. The molecule has 0 radical (unpaired) electrons. The van der Waals surface area contributed by atoms with Gasteiger partial charge in [-0.3, -0.25) is 0 Å². The van der Waals surface area contributed by atoms with E-state index in [2.05, 4.69) is 4.98 Å². The Hall–Kier alpha value is -0.950. The highest BCUT2D eigenvalue weighted by Crippen LogP contribution is 2.17. The number of nitrogens with zero attached hydrogens (tertiary/aromatic N) is 1. The van der Waals surface area contributed by atoms with Crippen molar-refractivity contribution in [2.75, 3.05) is 0 Å². The van der Waals surface area contributed by atoms with Crippen molar-refractivity contribution in [1.82, 2.24) is 4.98 Å². The van der Waals surface area contributed by atoms with Gasteiger partial charge in [0, 0.05) is 0 Å². The highest BCUT2D eigenvalue weighted by Gasteiger charge is 2.19. The number of carboxylic acids is 1. The highest BCUT2D eigenvalue weighted by molar-refractivity contribution is 7.91. The van der Waals surface area contributed by atoms with Gasteiger partial charge < -0.3 is 5.11 Å². The van der Waals surface area contributed by atoms with Gasteiger partial charge in [0.25, 0.3) is 0 Å². The van der Waals surface area contributed by atoms with E-state index in [1.165, 1.54) is 6.20 Å². The van der Waals surface area contributed by atoms with Crippen molar-refractivity contribution in [1.29, 1.82) is 0 Å². The van der Waals surface area contributed by atoms with Gasteiger partial charge in [-0.15, -0.1) is 11.3 Å². The number of hydrogen-bond acceptors (Lipinski definition) is 5. The summed E-state index contributed by atoms with van der Waals surface area (Å²) in [5.74, 6) is -1.27. The van der Waals surface area contributed by atoms with Crippen molar-refractivity contribution in [2.45, 2.75) is 24.9 Å². The van der Waals surface area contributed by atoms with E-state index < -0.39 is 21.1 Å². The van der Waals surface area contributed by atoms with E-state index in [0.29, 0.717) is 5.01 Å². The first-order valence-electron chi connectivity index (χ1n) is 4.22. The van der Waals surface area contributed by atoms with Crippen LogP contribution in [0.25, 0.3) is 0 Å². The molecule has 0 saturated carbocycles. The van der Waals surface area contributed by atoms with Crippen LogP contribution >= 0.6 is 11.3 Å². The Bertz CT molecular complexity index is 461. The number of carbonyl (C=O) groups is 1. The predicted octanol–water partition coefficient (Wildman–Crippen LogP) is 1.16. The first kappa shape index (κ1) is 12.1. The normalized spacial score (nSPS) is 11.9. The van der Waals surface area contributed by atoms with Crippen LogP contribution < -0.4 is 0 Å². The molecule has 0 atom stereocenters. The van der Waals surface area contributed by atoms with Crippen LogP contribution in [0.1, 0.15) is 28.5 Å². The van der Waals surface area contributed by atoms with Crippen molar-refractivity contribution in [3.05, 3.63) is 16.1 Å². The predicted molar refractivity (Wildman–Crippen MR) is 56.8 cm³/mol. The number of sulfone groups is 1. The van der Waals surface area contributed by atoms with E-state index >= 15 is 0 Å². The van der Waals surface area contributed by atoms with Crippen LogP contribution in [0.5, 0.6) is 0 Å². The maximum atomic E-state index is 11.5. The Morgan fingerprint density at radius 2 is 2.20 bits per heavy atom. The lowest BCUT2D eigenvalue weighted by Crippen LogP contribution is -2.15. The van der Waals surface area contributed by atoms with Crippen LogP contribution in [0.2, 0.25) is 0 Å². The molecule has 0 spiro atoms. The van der Waals surface area contributed by atoms with Gasteiger partial charge in [-0.25, -0.2) is 18.2 Å². The van der Waals surface area contributed by atoms with Crippen LogP contribution in [0.15, 0.2) is 6.20 Å². The van der Waals surface area contributed by atoms with Crippen molar-refractivity contribution < 1.29 is 18.3 Å². The number of hydrogen-bond donors (Lipinski definition) is 1. The summed E-state index contributed by atoms with van der Waals surface area (Å²) in [4.78, 5) is 14.4. The summed E-state index contributed by atoms with van der Waals surface area (Å²) in [6.45, 7) is 3.17. The van der Waals surface area contributed by atoms with E-state index in [1.807, 2.05) is 0 Å². The third-order valence-electron chi connectivity index (χ3n) is 1.81. The molecule has 1 aromatic heterocycles. The average Bonchev–Trinajstić information content (AvgIpc) is 2.51. The van der Waals surface area contributed by atoms with Gasteiger partial charge >= 0.3 is 5.97 Å². The number of aromatic carboxylic acids is 1. The summed E-state index contributed by atoms with van der Waals surface area (Å²) >= 11 is 0.895. The Morgan fingerprint density at radius 3 is 2.60 bits per heavy atom. The first-order chi connectivity index (χ1) is 6.83. The zero-order valence-electron chi connectivity index (χ0n) is 8.30.